The van der Waals surface area contributed by atoms with Crippen LogP contribution in [0.5, 0.6) is 0 Å². The molecule has 0 aliphatic heterocycles. The Morgan fingerprint density at radius 2 is 1.53 bits per heavy atom. The Kier molecular flexibility index (Phi) is 5.15. The van der Waals surface area contributed by atoms with Gasteiger partial charge in [-0.1, -0.05) is 34.6 Å². The summed E-state index contributed by atoms with van der Waals surface area (Å²) in [5.74, 6) is 2.73. The van der Waals surface area contributed by atoms with Crippen molar-refractivity contribution in [2.45, 2.75) is 112 Å². The molecule has 10 atom stereocenters. The van der Waals surface area contributed by atoms with Crippen LogP contribution >= 0.6 is 0 Å². The van der Waals surface area contributed by atoms with E-state index in [9.17, 15) is 15.0 Å². The summed E-state index contributed by atoms with van der Waals surface area (Å²) >= 11 is 0. The molecule has 5 fully saturated rings. The van der Waals surface area contributed by atoms with E-state index < -0.39 is 0 Å². The van der Waals surface area contributed by atoms with Crippen LogP contribution in [0.2, 0.25) is 0 Å². The van der Waals surface area contributed by atoms with Crippen molar-refractivity contribution < 1.29 is 15.0 Å². The van der Waals surface area contributed by atoms with Crippen LogP contribution in [0.4, 0.5) is 0 Å². The molecule has 4 unspecified atom stereocenters. The van der Waals surface area contributed by atoms with Gasteiger partial charge in [-0.2, -0.15) is 0 Å². The highest BCUT2D eigenvalue weighted by atomic mass is 16.3. The number of Topliss-reactive ketones (excluding diaryl/α,β-unsaturated/α-hetero) is 1. The molecule has 0 bridgehead atoms. The Labute approximate surface area is 196 Å². The van der Waals surface area contributed by atoms with Gasteiger partial charge in [-0.05, 0) is 122 Å². The summed E-state index contributed by atoms with van der Waals surface area (Å²) in [5, 5.41) is 21.4. The molecule has 5 rings (SSSR count). The van der Waals surface area contributed by atoms with Crippen molar-refractivity contribution in [1.82, 2.24) is 0 Å². The average Bonchev–Trinajstić information content (AvgIpc) is 3.12. The lowest BCUT2D eigenvalue weighted by atomic mass is 9.32. The molecule has 32 heavy (non-hydrogen) atoms. The number of hydrogen-bond donors (Lipinski definition) is 2. The van der Waals surface area contributed by atoms with Gasteiger partial charge >= 0.3 is 0 Å². The zero-order chi connectivity index (χ0) is 23.3. The van der Waals surface area contributed by atoms with Crippen LogP contribution in [0.15, 0.2) is 0 Å². The third kappa shape index (κ3) is 2.65. The van der Waals surface area contributed by atoms with Crippen LogP contribution in [0, 0.1) is 56.7 Å². The molecule has 3 nitrogen and oxygen atoms in total. The highest BCUT2D eigenvalue weighted by Gasteiger charge is 2.70. The van der Waals surface area contributed by atoms with Gasteiger partial charge in [-0.3, -0.25) is 4.79 Å². The van der Waals surface area contributed by atoms with Crippen LogP contribution < -0.4 is 0 Å². The predicted molar refractivity (Wildman–Crippen MR) is 128 cm³/mol. The average molecular weight is 445 g/mol. The highest BCUT2D eigenvalue weighted by Crippen LogP contribution is 2.77. The SMILES string of the molecule is CC(=O)C1CC[C@]2(CO)CC[C@]3(C)[C@H](CCC4[C@@]5(C)CC[C@H](O)C(C)(C)C5CC[C@]43C)C12. The lowest BCUT2D eigenvalue weighted by Crippen LogP contribution is -2.66. The molecule has 5 aliphatic rings. The Bertz CT molecular complexity index is 789. The molecule has 5 aliphatic carbocycles. The molecule has 3 heteroatoms. The van der Waals surface area contributed by atoms with Gasteiger partial charge in [-0.25, -0.2) is 0 Å². The fourth-order valence-corrected chi connectivity index (χ4v) is 11.5. The second-order valence-electron chi connectivity index (χ2n) is 14.3. The molecule has 0 aromatic heterocycles. The topological polar surface area (TPSA) is 57.5 Å². The molecule has 0 heterocycles. The van der Waals surface area contributed by atoms with E-state index in [1.165, 1.54) is 32.1 Å². The van der Waals surface area contributed by atoms with E-state index in [-0.39, 0.29) is 40.3 Å². The van der Waals surface area contributed by atoms with E-state index in [1.54, 1.807) is 6.92 Å². The van der Waals surface area contributed by atoms with Gasteiger partial charge in [0.2, 0.25) is 0 Å². The van der Waals surface area contributed by atoms with Crippen molar-refractivity contribution in [2.24, 2.45) is 56.7 Å². The summed E-state index contributed by atoms with van der Waals surface area (Å²) < 4.78 is 0. The third-order valence-electron chi connectivity index (χ3n) is 13.4. The van der Waals surface area contributed by atoms with Gasteiger partial charge in [0.05, 0.1) is 6.10 Å². The smallest absolute Gasteiger partial charge is 0.133 e. The maximum absolute atomic E-state index is 12.7. The monoisotopic (exact) mass is 444 g/mol. The van der Waals surface area contributed by atoms with Crippen LogP contribution in [-0.4, -0.2) is 28.7 Å². The van der Waals surface area contributed by atoms with Crippen molar-refractivity contribution in [1.29, 1.82) is 0 Å². The maximum Gasteiger partial charge on any atom is 0.133 e. The predicted octanol–water partition coefficient (Wildman–Crippen LogP) is 6.01. The first-order chi connectivity index (χ1) is 14.9. The Hall–Kier alpha value is -0.410. The van der Waals surface area contributed by atoms with E-state index in [1.807, 2.05) is 0 Å². The van der Waals surface area contributed by atoms with Crippen molar-refractivity contribution >= 4 is 5.78 Å². The molecule has 0 saturated heterocycles. The number of rotatable bonds is 2. The second-order valence-corrected chi connectivity index (χ2v) is 14.3. The van der Waals surface area contributed by atoms with Gasteiger partial charge in [0, 0.05) is 12.5 Å². The van der Waals surface area contributed by atoms with E-state index in [2.05, 4.69) is 34.6 Å². The highest BCUT2D eigenvalue weighted by molar-refractivity contribution is 5.79. The minimum Gasteiger partial charge on any atom is -0.396 e. The largest absolute Gasteiger partial charge is 0.396 e. The summed E-state index contributed by atoms with van der Waals surface area (Å²) in [5.41, 5.74) is 0.805. The first-order valence-corrected chi connectivity index (χ1v) is 13.7. The van der Waals surface area contributed by atoms with Crippen molar-refractivity contribution in [3.63, 3.8) is 0 Å². The van der Waals surface area contributed by atoms with E-state index >= 15 is 0 Å². The van der Waals surface area contributed by atoms with E-state index in [0.29, 0.717) is 34.9 Å². The minimum absolute atomic E-state index is 0.00410. The van der Waals surface area contributed by atoms with Crippen LogP contribution in [0.25, 0.3) is 0 Å². The van der Waals surface area contributed by atoms with Gasteiger partial charge < -0.3 is 10.2 Å². The van der Waals surface area contributed by atoms with Gasteiger partial charge in [-0.15, -0.1) is 0 Å². The Morgan fingerprint density at radius 1 is 0.812 bits per heavy atom. The molecule has 0 radical (unpaired) electrons. The molecule has 5 saturated carbocycles. The van der Waals surface area contributed by atoms with Crippen molar-refractivity contribution in [3.05, 3.63) is 0 Å². The fourth-order valence-electron chi connectivity index (χ4n) is 11.5. The van der Waals surface area contributed by atoms with Crippen molar-refractivity contribution in [2.75, 3.05) is 6.61 Å². The number of carbonyl (C=O) groups is 1. The molecule has 0 aromatic carbocycles. The zero-order valence-electron chi connectivity index (χ0n) is 21.5. The fraction of sp³-hybridized carbons (Fsp3) is 0.966. The molecule has 2 N–H and O–H groups in total. The van der Waals surface area contributed by atoms with Crippen LogP contribution in [0.1, 0.15) is 106 Å². The number of carbonyl (C=O) groups excluding carboxylic acids is 1. The first kappa shape index (κ1) is 23.3. The van der Waals surface area contributed by atoms with Gasteiger partial charge in [0.25, 0.3) is 0 Å². The summed E-state index contributed by atoms with van der Waals surface area (Å²) in [4.78, 5) is 12.7. The second kappa shape index (κ2) is 7.06. The minimum atomic E-state index is -0.175. The first-order valence-electron chi connectivity index (χ1n) is 13.7. The zero-order valence-corrected chi connectivity index (χ0v) is 21.5. The molecule has 0 aromatic rings. The lowest BCUT2D eigenvalue weighted by molar-refractivity contribution is -0.249. The maximum atomic E-state index is 12.7. The lowest BCUT2D eigenvalue weighted by Gasteiger charge is -2.72. The van der Waals surface area contributed by atoms with Gasteiger partial charge in [0.15, 0.2) is 0 Å². The van der Waals surface area contributed by atoms with Gasteiger partial charge in [0.1, 0.15) is 5.78 Å². The summed E-state index contributed by atoms with van der Waals surface area (Å²) in [6.45, 7) is 14.5. The third-order valence-corrected chi connectivity index (χ3v) is 13.4. The molecule has 182 valence electrons. The summed E-state index contributed by atoms with van der Waals surface area (Å²) in [6.07, 6.45) is 11.2. The van der Waals surface area contributed by atoms with E-state index in [0.717, 1.165) is 32.1 Å². The number of aliphatic hydroxyl groups is 2. The van der Waals surface area contributed by atoms with Crippen molar-refractivity contribution in [3.8, 4) is 0 Å². The summed E-state index contributed by atoms with van der Waals surface area (Å²) in [7, 11) is 0. The Morgan fingerprint density at radius 3 is 2.19 bits per heavy atom. The van der Waals surface area contributed by atoms with Crippen LogP contribution in [-0.2, 0) is 4.79 Å². The normalized spacial score (nSPS) is 56.5. The summed E-state index contributed by atoms with van der Waals surface area (Å²) in [6, 6.07) is 0. The number of fused-ring (bicyclic) bond motifs is 7. The standard InChI is InChI=1S/C29H48O3/c1-18(31)19-9-14-29(17-30)16-15-27(5)20(24(19)29)7-8-22-26(4)12-11-23(32)25(2,3)21(26)10-13-28(22,27)6/h19-24,30,32H,7-17H2,1-6H3/t19?,20-,21?,22?,23+,24?,26+,27-,28-,29-/m1/s1. The number of aliphatic hydroxyl groups excluding tert-OH is 2. The molecule has 0 spiro atoms. The van der Waals surface area contributed by atoms with Crippen LogP contribution in [0.3, 0.4) is 0 Å². The number of hydrogen-bond acceptors (Lipinski definition) is 3. The quantitative estimate of drug-likeness (QED) is 0.548. The molecular formula is C29H48O3. The Balaban J connectivity index is 1.55. The van der Waals surface area contributed by atoms with E-state index in [4.69, 9.17) is 0 Å². The molecule has 0 amide bonds. The molecular weight excluding hydrogens is 396 g/mol. The number of ketones is 1.